The first-order valence-corrected chi connectivity index (χ1v) is 5.20. The smallest absolute Gasteiger partial charge is 0.337 e. The molecule has 0 saturated carbocycles. The van der Waals surface area contributed by atoms with E-state index in [1.807, 2.05) is 0 Å². The average molecular weight is 247 g/mol. The maximum absolute atomic E-state index is 13.2. The van der Waals surface area contributed by atoms with Gasteiger partial charge in [0, 0.05) is 18.0 Å². The van der Waals surface area contributed by atoms with Gasteiger partial charge in [-0.3, -0.25) is 4.98 Å². The summed E-state index contributed by atoms with van der Waals surface area (Å²) in [6.45, 7) is 0. The molecule has 4 nitrogen and oxygen atoms in total. The molecule has 0 aliphatic heterocycles. The Kier molecular flexibility index (Phi) is 3.34. The zero-order chi connectivity index (χ0) is 13.1. The molecule has 1 atom stereocenters. The van der Waals surface area contributed by atoms with Crippen molar-refractivity contribution in [1.29, 1.82) is 0 Å². The fourth-order valence-corrected chi connectivity index (χ4v) is 1.69. The van der Waals surface area contributed by atoms with E-state index in [0.717, 1.165) is 6.07 Å². The number of aromatic nitrogens is 1. The van der Waals surface area contributed by atoms with Gasteiger partial charge in [0.25, 0.3) is 0 Å². The van der Waals surface area contributed by atoms with Crippen LogP contribution in [0.3, 0.4) is 0 Å². The maximum Gasteiger partial charge on any atom is 0.337 e. The zero-order valence-electron chi connectivity index (χ0n) is 9.25. The Labute approximate surface area is 102 Å². The molecule has 1 unspecified atom stereocenters. The number of carboxylic acid groups (broad SMARTS) is 1. The molecule has 0 bridgehead atoms. The molecule has 0 spiro atoms. The van der Waals surface area contributed by atoms with Crippen molar-refractivity contribution in [2.75, 3.05) is 0 Å². The van der Waals surface area contributed by atoms with Crippen molar-refractivity contribution in [3.05, 3.63) is 54.1 Å². The van der Waals surface area contributed by atoms with Gasteiger partial charge in [0.1, 0.15) is 5.82 Å². The van der Waals surface area contributed by atoms with Crippen molar-refractivity contribution >= 4 is 5.97 Å². The summed E-state index contributed by atoms with van der Waals surface area (Å²) < 4.78 is 13.2. The van der Waals surface area contributed by atoms with E-state index in [-0.39, 0.29) is 5.56 Å². The molecule has 2 aromatic rings. The van der Waals surface area contributed by atoms with Gasteiger partial charge in [0.05, 0.1) is 0 Å². The molecule has 18 heavy (non-hydrogen) atoms. The molecule has 0 fully saturated rings. The van der Waals surface area contributed by atoms with Crippen molar-refractivity contribution in [1.82, 2.24) is 4.98 Å². The SMILES string of the molecule is O=C(O)C(O)c1cc(F)ccc1-c1ccncc1. The molecule has 2 rings (SSSR count). The van der Waals surface area contributed by atoms with Crippen molar-refractivity contribution in [2.45, 2.75) is 6.10 Å². The highest BCUT2D eigenvalue weighted by Gasteiger charge is 2.20. The summed E-state index contributed by atoms with van der Waals surface area (Å²) in [5.74, 6) is -2.01. The summed E-state index contributed by atoms with van der Waals surface area (Å²) >= 11 is 0. The fraction of sp³-hybridized carbons (Fsp3) is 0.0769. The second-order valence-corrected chi connectivity index (χ2v) is 3.71. The number of hydrogen-bond acceptors (Lipinski definition) is 3. The molecule has 0 aliphatic rings. The van der Waals surface area contributed by atoms with Crippen molar-refractivity contribution in [3.63, 3.8) is 0 Å². The first kappa shape index (κ1) is 12.2. The van der Waals surface area contributed by atoms with Gasteiger partial charge in [-0.25, -0.2) is 9.18 Å². The quantitative estimate of drug-likeness (QED) is 0.870. The van der Waals surface area contributed by atoms with Crippen LogP contribution in [0.5, 0.6) is 0 Å². The predicted octanol–water partition coefficient (Wildman–Crippen LogP) is 2.01. The third-order valence-corrected chi connectivity index (χ3v) is 2.53. The van der Waals surface area contributed by atoms with Gasteiger partial charge in [0.15, 0.2) is 6.10 Å². The molecular formula is C13H10FNO3. The number of halogens is 1. The summed E-state index contributed by atoms with van der Waals surface area (Å²) in [6.07, 6.45) is 1.31. The normalized spacial score (nSPS) is 12.1. The van der Waals surface area contributed by atoms with E-state index in [2.05, 4.69) is 4.98 Å². The van der Waals surface area contributed by atoms with Crippen molar-refractivity contribution in [3.8, 4) is 11.1 Å². The molecule has 0 aliphatic carbocycles. The van der Waals surface area contributed by atoms with Gasteiger partial charge in [0.2, 0.25) is 0 Å². The van der Waals surface area contributed by atoms with Gasteiger partial charge in [-0.15, -0.1) is 0 Å². The summed E-state index contributed by atoms with van der Waals surface area (Å²) in [7, 11) is 0. The largest absolute Gasteiger partial charge is 0.479 e. The van der Waals surface area contributed by atoms with Gasteiger partial charge < -0.3 is 10.2 Å². The molecule has 0 saturated heterocycles. The monoisotopic (exact) mass is 247 g/mol. The fourth-order valence-electron chi connectivity index (χ4n) is 1.69. The minimum atomic E-state index is -1.76. The summed E-state index contributed by atoms with van der Waals surface area (Å²) in [5.41, 5.74) is 1.16. The van der Waals surface area contributed by atoms with Crippen molar-refractivity contribution < 1.29 is 19.4 Å². The molecule has 0 amide bonds. The van der Waals surface area contributed by atoms with E-state index in [4.69, 9.17) is 5.11 Å². The molecule has 1 aromatic carbocycles. The number of nitrogens with zero attached hydrogens (tertiary/aromatic N) is 1. The first-order chi connectivity index (χ1) is 8.59. The zero-order valence-corrected chi connectivity index (χ0v) is 9.25. The minimum Gasteiger partial charge on any atom is -0.479 e. The number of aliphatic carboxylic acids is 1. The van der Waals surface area contributed by atoms with E-state index >= 15 is 0 Å². The Balaban J connectivity index is 2.57. The van der Waals surface area contributed by atoms with Crippen LogP contribution in [0, 0.1) is 5.82 Å². The standard InChI is InChI=1S/C13H10FNO3/c14-9-1-2-10(8-3-5-15-6-4-8)11(7-9)12(16)13(17)18/h1-7,12,16H,(H,17,18). The Morgan fingerprint density at radius 2 is 1.89 bits per heavy atom. The molecule has 0 radical (unpaired) electrons. The van der Waals surface area contributed by atoms with Crippen LogP contribution in [0.1, 0.15) is 11.7 Å². The van der Waals surface area contributed by atoms with Crippen LogP contribution in [0.2, 0.25) is 0 Å². The first-order valence-electron chi connectivity index (χ1n) is 5.20. The van der Waals surface area contributed by atoms with Gasteiger partial charge in [-0.05, 0) is 35.4 Å². The Bertz CT molecular complexity index is 572. The Morgan fingerprint density at radius 3 is 2.50 bits per heavy atom. The molecule has 5 heteroatoms. The van der Waals surface area contributed by atoms with Gasteiger partial charge in [-0.2, -0.15) is 0 Å². The molecule has 1 aromatic heterocycles. The van der Waals surface area contributed by atoms with E-state index in [9.17, 15) is 14.3 Å². The number of benzene rings is 1. The van der Waals surface area contributed by atoms with E-state index in [1.54, 1.807) is 12.1 Å². The van der Waals surface area contributed by atoms with Crippen LogP contribution in [-0.4, -0.2) is 21.2 Å². The minimum absolute atomic E-state index is 0.0219. The maximum atomic E-state index is 13.2. The van der Waals surface area contributed by atoms with E-state index in [0.29, 0.717) is 11.1 Å². The van der Waals surface area contributed by atoms with Crippen LogP contribution < -0.4 is 0 Å². The number of aliphatic hydroxyl groups is 1. The second-order valence-electron chi connectivity index (χ2n) is 3.71. The predicted molar refractivity (Wildman–Crippen MR) is 62.2 cm³/mol. The highest BCUT2D eigenvalue weighted by Crippen LogP contribution is 2.28. The topological polar surface area (TPSA) is 70.4 Å². The van der Waals surface area contributed by atoms with Crippen LogP contribution in [0.4, 0.5) is 4.39 Å². The lowest BCUT2D eigenvalue weighted by Gasteiger charge is -2.12. The number of aliphatic hydroxyl groups excluding tert-OH is 1. The number of carboxylic acids is 1. The van der Waals surface area contributed by atoms with Gasteiger partial charge >= 0.3 is 5.97 Å². The summed E-state index contributed by atoms with van der Waals surface area (Å²) in [4.78, 5) is 14.7. The summed E-state index contributed by atoms with van der Waals surface area (Å²) in [6, 6.07) is 6.99. The lowest BCUT2D eigenvalue weighted by molar-refractivity contribution is -0.146. The molecule has 2 N–H and O–H groups in total. The third kappa shape index (κ3) is 2.36. The van der Waals surface area contributed by atoms with E-state index in [1.165, 1.54) is 24.5 Å². The summed E-state index contributed by atoms with van der Waals surface area (Å²) in [5, 5.41) is 18.4. The number of carbonyl (C=O) groups is 1. The van der Waals surface area contributed by atoms with Crippen LogP contribution in [0.15, 0.2) is 42.7 Å². The number of hydrogen-bond donors (Lipinski definition) is 2. The Hall–Kier alpha value is -2.27. The average Bonchev–Trinajstić information content (AvgIpc) is 2.38. The molecular weight excluding hydrogens is 237 g/mol. The van der Waals surface area contributed by atoms with Crippen molar-refractivity contribution in [2.24, 2.45) is 0 Å². The number of pyridine rings is 1. The van der Waals surface area contributed by atoms with Crippen LogP contribution in [0.25, 0.3) is 11.1 Å². The Morgan fingerprint density at radius 1 is 1.22 bits per heavy atom. The second kappa shape index (κ2) is 4.93. The molecule has 92 valence electrons. The highest BCUT2D eigenvalue weighted by atomic mass is 19.1. The van der Waals surface area contributed by atoms with Crippen LogP contribution in [-0.2, 0) is 4.79 Å². The number of rotatable bonds is 3. The lowest BCUT2D eigenvalue weighted by atomic mass is 9.97. The third-order valence-electron chi connectivity index (χ3n) is 2.53. The molecule has 1 heterocycles. The van der Waals surface area contributed by atoms with E-state index < -0.39 is 17.9 Å². The van der Waals surface area contributed by atoms with Gasteiger partial charge in [-0.1, -0.05) is 6.07 Å². The van der Waals surface area contributed by atoms with Crippen LogP contribution >= 0.6 is 0 Å². The highest BCUT2D eigenvalue weighted by molar-refractivity contribution is 5.79. The lowest BCUT2D eigenvalue weighted by Crippen LogP contribution is -2.12.